The summed E-state index contributed by atoms with van der Waals surface area (Å²) in [4.78, 5) is 3.84. The molecule has 0 aromatic heterocycles. The summed E-state index contributed by atoms with van der Waals surface area (Å²) in [7, 11) is 0. The predicted octanol–water partition coefficient (Wildman–Crippen LogP) is 3.25. The lowest BCUT2D eigenvalue weighted by molar-refractivity contribution is 0.516. The molecule has 94 valence electrons. The Kier molecular flexibility index (Phi) is 3.69. The van der Waals surface area contributed by atoms with Crippen molar-refractivity contribution in [2.24, 2.45) is 5.73 Å². The van der Waals surface area contributed by atoms with Gasteiger partial charge in [-0.3, -0.25) is 0 Å². The van der Waals surface area contributed by atoms with E-state index in [1.54, 1.807) is 11.8 Å². The zero-order valence-corrected chi connectivity index (χ0v) is 11.8. The number of rotatable bonds is 3. The summed E-state index contributed by atoms with van der Waals surface area (Å²) in [5.74, 6) is 0. The van der Waals surface area contributed by atoms with Crippen LogP contribution in [-0.4, -0.2) is 18.3 Å². The van der Waals surface area contributed by atoms with Gasteiger partial charge < -0.3 is 10.6 Å². The maximum atomic E-state index is 5.94. The van der Waals surface area contributed by atoms with Crippen LogP contribution in [-0.2, 0) is 6.54 Å². The number of hydrogen-bond acceptors (Lipinski definition) is 3. The summed E-state index contributed by atoms with van der Waals surface area (Å²) in [6.07, 6.45) is 4.66. The molecule has 0 saturated carbocycles. The van der Waals surface area contributed by atoms with E-state index in [4.69, 9.17) is 5.73 Å². The van der Waals surface area contributed by atoms with E-state index in [1.807, 2.05) is 0 Å². The third kappa shape index (κ3) is 2.31. The first-order valence-electron chi connectivity index (χ1n) is 6.24. The fraction of sp³-hybridized carbons (Fsp3) is 0.571. The van der Waals surface area contributed by atoms with Crippen molar-refractivity contribution >= 4 is 17.4 Å². The van der Waals surface area contributed by atoms with Gasteiger partial charge in [-0.2, -0.15) is 0 Å². The van der Waals surface area contributed by atoms with Crippen LogP contribution in [0.5, 0.6) is 0 Å². The van der Waals surface area contributed by atoms with Gasteiger partial charge in [0, 0.05) is 34.8 Å². The summed E-state index contributed by atoms with van der Waals surface area (Å²) in [5, 5.41) is 0. The molecule has 0 radical (unpaired) electrons. The van der Waals surface area contributed by atoms with Gasteiger partial charge in [0.1, 0.15) is 0 Å². The van der Waals surface area contributed by atoms with E-state index in [0.717, 1.165) is 6.54 Å². The van der Waals surface area contributed by atoms with E-state index < -0.39 is 0 Å². The second-order valence-electron chi connectivity index (χ2n) is 5.23. The molecule has 2 N–H and O–H groups in total. The molecule has 1 fully saturated rings. The predicted molar refractivity (Wildman–Crippen MR) is 76.8 cm³/mol. The molecule has 1 aliphatic heterocycles. The number of anilines is 1. The molecule has 3 heteroatoms. The molecule has 0 spiro atoms. The Labute approximate surface area is 109 Å². The van der Waals surface area contributed by atoms with Crippen LogP contribution in [0.4, 0.5) is 5.69 Å². The molecule has 0 amide bonds. The highest BCUT2D eigenvalue weighted by Gasteiger charge is 2.33. The van der Waals surface area contributed by atoms with E-state index in [-0.39, 0.29) is 5.54 Å². The summed E-state index contributed by atoms with van der Waals surface area (Å²) >= 11 is 1.79. The van der Waals surface area contributed by atoms with E-state index in [9.17, 15) is 0 Å². The lowest BCUT2D eigenvalue weighted by Gasteiger charge is -2.35. The van der Waals surface area contributed by atoms with E-state index in [2.05, 4.69) is 43.2 Å². The molecule has 0 bridgehead atoms. The minimum absolute atomic E-state index is 0.265. The number of benzene rings is 1. The second kappa shape index (κ2) is 4.91. The molecule has 0 unspecified atom stereocenters. The number of hydrogen-bond donors (Lipinski definition) is 1. The molecule has 1 heterocycles. The van der Waals surface area contributed by atoms with Crippen molar-refractivity contribution in [2.45, 2.75) is 43.7 Å². The molecule has 2 nitrogen and oxygen atoms in total. The van der Waals surface area contributed by atoms with Gasteiger partial charge in [0.05, 0.1) is 0 Å². The lowest BCUT2D eigenvalue weighted by Crippen LogP contribution is -2.38. The first kappa shape index (κ1) is 12.8. The minimum Gasteiger partial charge on any atom is -0.366 e. The van der Waals surface area contributed by atoms with Gasteiger partial charge in [-0.25, -0.2) is 0 Å². The molecule has 2 rings (SSSR count). The van der Waals surface area contributed by atoms with Crippen molar-refractivity contribution in [3.8, 4) is 0 Å². The molecular formula is C14H22N2S. The standard InChI is InChI=1S/C14H22N2S/c1-14(2)8-5-9-16(14)12-6-4-7-13(17-3)11(12)10-15/h4,6-7H,5,8-10,15H2,1-3H3. The third-order valence-electron chi connectivity index (χ3n) is 3.72. The molecule has 1 aromatic carbocycles. The van der Waals surface area contributed by atoms with Crippen LogP contribution in [0.2, 0.25) is 0 Å². The van der Waals surface area contributed by atoms with Crippen molar-refractivity contribution in [1.29, 1.82) is 0 Å². The summed E-state index contributed by atoms with van der Waals surface area (Å²) in [6, 6.07) is 6.53. The molecule has 0 aliphatic carbocycles. The van der Waals surface area contributed by atoms with E-state index >= 15 is 0 Å². The Morgan fingerprint density at radius 2 is 2.18 bits per heavy atom. The van der Waals surface area contributed by atoms with Crippen LogP contribution in [0, 0.1) is 0 Å². The summed E-state index contributed by atoms with van der Waals surface area (Å²) in [5.41, 5.74) is 8.84. The fourth-order valence-electron chi connectivity index (χ4n) is 2.76. The third-order valence-corrected chi connectivity index (χ3v) is 4.55. The number of thioether (sulfide) groups is 1. The highest BCUT2D eigenvalue weighted by atomic mass is 32.2. The summed E-state index contributed by atoms with van der Waals surface area (Å²) in [6.45, 7) is 6.43. The molecule has 1 aliphatic rings. The fourth-order valence-corrected chi connectivity index (χ4v) is 3.41. The van der Waals surface area contributed by atoms with Gasteiger partial charge in [-0.1, -0.05) is 6.07 Å². The van der Waals surface area contributed by atoms with Crippen LogP contribution in [0.3, 0.4) is 0 Å². The topological polar surface area (TPSA) is 29.3 Å². The summed E-state index contributed by atoms with van der Waals surface area (Å²) < 4.78 is 0. The average Bonchev–Trinajstić information content (AvgIpc) is 2.67. The quantitative estimate of drug-likeness (QED) is 0.835. The Balaban J connectivity index is 2.44. The maximum Gasteiger partial charge on any atom is 0.0427 e. The zero-order valence-electron chi connectivity index (χ0n) is 11.0. The monoisotopic (exact) mass is 250 g/mol. The molecule has 1 saturated heterocycles. The second-order valence-corrected chi connectivity index (χ2v) is 6.08. The van der Waals surface area contributed by atoms with Gasteiger partial charge in [0.25, 0.3) is 0 Å². The normalized spacial score (nSPS) is 18.7. The van der Waals surface area contributed by atoms with E-state index in [1.165, 1.54) is 29.0 Å². The molecular weight excluding hydrogens is 228 g/mol. The highest BCUT2D eigenvalue weighted by Crippen LogP contribution is 2.38. The van der Waals surface area contributed by atoms with Gasteiger partial charge >= 0.3 is 0 Å². The van der Waals surface area contributed by atoms with Gasteiger partial charge in [0.15, 0.2) is 0 Å². The van der Waals surface area contributed by atoms with Crippen LogP contribution in [0.25, 0.3) is 0 Å². The van der Waals surface area contributed by atoms with Crippen LogP contribution < -0.4 is 10.6 Å². The van der Waals surface area contributed by atoms with Crippen molar-refractivity contribution < 1.29 is 0 Å². The first-order valence-corrected chi connectivity index (χ1v) is 7.46. The Morgan fingerprint density at radius 3 is 2.71 bits per heavy atom. The Morgan fingerprint density at radius 1 is 1.41 bits per heavy atom. The van der Waals surface area contributed by atoms with Gasteiger partial charge in [0.2, 0.25) is 0 Å². The smallest absolute Gasteiger partial charge is 0.0427 e. The minimum atomic E-state index is 0.265. The van der Waals surface area contributed by atoms with Crippen LogP contribution in [0.15, 0.2) is 23.1 Å². The molecule has 0 atom stereocenters. The Hall–Kier alpha value is -0.670. The number of nitrogens with zero attached hydrogens (tertiary/aromatic N) is 1. The molecule has 1 aromatic rings. The Bertz CT molecular complexity index is 401. The van der Waals surface area contributed by atoms with Crippen LogP contribution >= 0.6 is 11.8 Å². The average molecular weight is 250 g/mol. The van der Waals surface area contributed by atoms with Crippen molar-refractivity contribution in [1.82, 2.24) is 0 Å². The van der Waals surface area contributed by atoms with Crippen molar-refractivity contribution in [3.63, 3.8) is 0 Å². The first-order chi connectivity index (χ1) is 8.10. The molecule has 17 heavy (non-hydrogen) atoms. The van der Waals surface area contributed by atoms with Gasteiger partial charge in [-0.15, -0.1) is 11.8 Å². The largest absolute Gasteiger partial charge is 0.366 e. The van der Waals surface area contributed by atoms with Gasteiger partial charge in [-0.05, 0) is 45.1 Å². The van der Waals surface area contributed by atoms with E-state index in [0.29, 0.717) is 6.54 Å². The van der Waals surface area contributed by atoms with Crippen molar-refractivity contribution in [3.05, 3.63) is 23.8 Å². The number of nitrogens with two attached hydrogens (primary N) is 1. The lowest BCUT2D eigenvalue weighted by atomic mass is 10.0. The SMILES string of the molecule is CSc1cccc(N2CCCC2(C)C)c1CN. The zero-order chi connectivity index (χ0) is 12.5. The maximum absolute atomic E-state index is 5.94. The highest BCUT2D eigenvalue weighted by molar-refractivity contribution is 7.98. The van der Waals surface area contributed by atoms with Crippen molar-refractivity contribution in [2.75, 3.05) is 17.7 Å². The van der Waals surface area contributed by atoms with Crippen LogP contribution in [0.1, 0.15) is 32.3 Å².